The number of anilines is 1. The van der Waals surface area contributed by atoms with Crippen molar-refractivity contribution in [3.8, 4) is 5.75 Å². The van der Waals surface area contributed by atoms with Crippen molar-refractivity contribution in [1.29, 1.82) is 0 Å². The lowest BCUT2D eigenvalue weighted by molar-refractivity contribution is 0.250. The Bertz CT molecular complexity index is 624. The molecule has 2 aromatic carbocycles. The van der Waals surface area contributed by atoms with E-state index in [-0.39, 0.29) is 6.03 Å². The summed E-state index contributed by atoms with van der Waals surface area (Å²) >= 11 is 0. The molecule has 0 heterocycles. The van der Waals surface area contributed by atoms with Crippen molar-refractivity contribution in [2.75, 3.05) is 19.1 Å². The van der Waals surface area contributed by atoms with E-state index in [1.807, 2.05) is 60.7 Å². The van der Waals surface area contributed by atoms with E-state index in [9.17, 15) is 4.79 Å². The van der Waals surface area contributed by atoms with Gasteiger partial charge < -0.3 is 10.1 Å². The number of ether oxygens (including phenoxy) is 1. The molecule has 0 aliphatic rings. The van der Waals surface area contributed by atoms with Crippen molar-refractivity contribution in [3.63, 3.8) is 0 Å². The van der Waals surface area contributed by atoms with Crippen molar-refractivity contribution in [1.82, 2.24) is 5.32 Å². The molecule has 0 saturated heterocycles. The predicted octanol–water partition coefficient (Wildman–Crippen LogP) is 3.51. The Morgan fingerprint density at radius 3 is 2.62 bits per heavy atom. The van der Waals surface area contributed by atoms with Crippen LogP contribution in [0.4, 0.5) is 10.5 Å². The van der Waals surface area contributed by atoms with Gasteiger partial charge in [0, 0.05) is 18.9 Å². The van der Waals surface area contributed by atoms with Gasteiger partial charge in [-0.25, -0.2) is 4.79 Å². The highest BCUT2D eigenvalue weighted by molar-refractivity contribution is 5.92. The molecule has 0 bridgehead atoms. The Morgan fingerprint density at radius 1 is 1.14 bits per heavy atom. The van der Waals surface area contributed by atoms with Crippen molar-refractivity contribution in [3.05, 3.63) is 66.4 Å². The molecule has 4 nitrogen and oxygen atoms in total. The summed E-state index contributed by atoms with van der Waals surface area (Å²) in [5.74, 6) is 0.782. The number of hydrogen-bond donors (Lipinski definition) is 1. The minimum atomic E-state index is -0.194. The van der Waals surface area contributed by atoms with Gasteiger partial charge in [0.15, 0.2) is 0 Å². The van der Waals surface area contributed by atoms with Gasteiger partial charge in [0.2, 0.25) is 0 Å². The third-order valence-corrected chi connectivity index (χ3v) is 3.02. The summed E-state index contributed by atoms with van der Waals surface area (Å²) < 4.78 is 5.15. The number of nitrogens with zero attached hydrogens (tertiary/aromatic N) is 1. The van der Waals surface area contributed by atoms with Gasteiger partial charge in [0.25, 0.3) is 0 Å². The maximum atomic E-state index is 12.0. The molecule has 0 aliphatic carbocycles. The highest BCUT2D eigenvalue weighted by Gasteiger charge is 2.07. The second-order valence-corrected chi connectivity index (χ2v) is 4.45. The summed E-state index contributed by atoms with van der Waals surface area (Å²) in [6.07, 6.45) is 3.44. The number of rotatable bonds is 4. The summed E-state index contributed by atoms with van der Waals surface area (Å²) in [7, 11) is 3.35. The molecule has 108 valence electrons. The number of para-hydroxylation sites is 1. The fourth-order valence-electron chi connectivity index (χ4n) is 1.82. The largest absolute Gasteiger partial charge is 0.497 e. The van der Waals surface area contributed by atoms with Crippen LogP contribution in [0, 0.1) is 0 Å². The first-order valence-corrected chi connectivity index (χ1v) is 6.60. The molecular weight excluding hydrogens is 264 g/mol. The number of carbonyl (C=O) groups excluding carboxylic acids is 1. The topological polar surface area (TPSA) is 41.6 Å². The second-order valence-electron chi connectivity index (χ2n) is 4.45. The van der Waals surface area contributed by atoms with Gasteiger partial charge in [-0.15, -0.1) is 0 Å². The SMILES string of the molecule is COc1cccc(/C=C/NC(=O)N(C)c2ccccc2)c1. The van der Waals surface area contributed by atoms with Gasteiger partial charge in [-0.1, -0.05) is 30.3 Å². The standard InChI is InChI=1S/C17H18N2O2/c1-19(15-8-4-3-5-9-15)17(20)18-12-11-14-7-6-10-16(13-14)21-2/h3-13H,1-2H3,(H,18,20)/b12-11+. The number of methoxy groups -OCH3 is 1. The third-order valence-electron chi connectivity index (χ3n) is 3.02. The molecule has 0 fully saturated rings. The summed E-state index contributed by atoms with van der Waals surface area (Å²) in [4.78, 5) is 13.5. The van der Waals surface area contributed by atoms with E-state index in [0.717, 1.165) is 17.0 Å². The summed E-state index contributed by atoms with van der Waals surface area (Å²) in [5, 5.41) is 2.73. The fourth-order valence-corrected chi connectivity index (χ4v) is 1.82. The van der Waals surface area contributed by atoms with Crippen LogP contribution in [-0.2, 0) is 0 Å². The molecule has 2 amide bonds. The quantitative estimate of drug-likeness (QED) is 0.932. The van der Waals surface area contributed by atoms with Crippen molar-refractivity contribution < 1.29 is 9.53 Å². The van der Waals surface area contributed by atoms with E-state index in [2.05, 4.69) is 5.32 Å². The van der Waals surface area contributed by atoms with Crippen molar-refractivity contribution in [2.45, 2.75) is 0 Å². The van der Waals surface area contributed by atoms with E-state index < -0.39 is 0 Å². The maximum Gasteiger partial charge on any atom is 0.325 e. The molecule has 0 atom stereocenters. The zero-order valence-corrected chi connectivity index (χ0v) is 12.1. The van der Waals surface area contributed by atoms with Gasteiger partial charge in [0.05, 0.1) is 7.11 Å². The van der Waals surface area contributed by atoms with Crippen LogP contribution in [0.3, 0.4) is 0 Å². The number of amides is 2. The second kappa shape index (κ2) is 7.14. The maximum absolute atomic E-state index is 12.0. The lowest BCUT2D eigenvalue weighted by Crippen LogP contribution is -2.34. The highest BCUT2D eigenvalue weighted by Crippen LogP contribution is 2.13. The van der Waals surface area contributed by atoms with E-state index in [4.69, 9.17) is 4.74 Å². The van der Waals surface area contributed by atoms with Gasteiger partial charge in [-0.3, -0.25) is 4.90 Å². The average Bonchev–Trinajstić information content (AvgIpc) is 2.55. The minimum Gasteiger partial charge on any atom is -0.497 e. The van der Waals surface area contributed by atoms with Crippen LogP contribution in [0.1, 0.15) is 5.56 Å². The fraction of sp³-hybridized carbons (Fsp3) is 0.118. The number of hydrogen-bond acceptors (Lipinski definition) is 2. The lowest BCUT2D eigenvalue weighted by Gasteiger charge is -2.16. The zero-order valence-electron chi connectivity index (χ0n) is 12.1. The number of benzene rings is 2. The molecule has 2 rings (SSSR count). The van der Waals surface area contributed by atoms with Crippen molar-refractivity contribution in [2.24, 2.45) is 0 Å². The molecule has 4 heteroatoms. The molecule has 21 heavy (non-hydrogen) atoms. The number of nitrogens with one attached hydrogen (secondary N) is 1. The third kappa shape index (κ3) is 4.11. The van der Waals surface area contributed by atoms with E-state index in [1.165, 1.54) is 0 Å². The number of urea groups is 1. The summed E-state index contributed by atoms with van der Waals surface area (Å²) in [6.45, 7) is 0. The Hall–Kier alpha value is -2.75. The smallest absolute Gasteiger partial charge is 0.325 e. The highest BCUT2D eigenvalue weighted by atomic mass is 16.5. The van der Waals surface area contributed by atoms with Crippen LogP contribution in [-0.4, -0.2) is 20.2 Å². The van der Waals surface area contributed by atoms with E-state index >= 15 is 0 Å². The Morgan fingerprint density at radius 2 is 1.90 bits per heavy atom. The molecule has 0 unspecified atom stereocenters. The first-order chi connectivity index (χ1) is 10.2. The predicted molar refractivity (Wildman–Crippen MR) is 85.4 cm³/mol. The summed E-state index contributed by atoms with van der Waals surface area (Å²) in [6, 6.07) is 16.9. The normalized spacial score (nSPS) is 10.4. The molecule has 1 N–H and O–H groups in total. The minimum absolute atomic E-state index is 0.194. The monoisotopic (exact) mass is 282 g/mol. The molecule has 2 aromatic rings. The van der Waals surface area contributed by atoms with Gasteiger partial charge in [-0.2, -0.15) is 0 Å². The van der Waals surface area contributed by atoms with E-state index in [1.54, 1.807) is 25.3 Å². The van der Waals surface area contributed by atoms with Crippen LogP contribution < -0.4 is 15.0 Å². The number of carbonyl (C=O) groups is 1. The summed E-state index contributed by atoms with van der Waals surface area (Å²) in [5.41, 5.74) is 1.79. The van der Waals surface area contributed by atoms with Crippen molar-refractivity contribution >= 4 is 17.8 Å². The average molecular weight is 282 g/mol. The Kier molecular flexibility index (Phi) is 4.99. The molecule has 0 aliphatic heterocycles. The zero-order chi connectivity index (χ0) is 15.1. The Labute approximate surface area is 124 Å². The van der Waals surface area contributed by atoms with Gasteiger partial charge in [-0.05, 0) is 35.9 Å². The Balaban J connectivity index is 1.95. The van der Waals surface area contributed by atoms with Crippen LogP contribution in [0.5, 0.6) is 5.75 Å². The van der Waals surface area contributed by atoms with Crippen LogP contribution >= 0.6 is 0 Å². The van der Waals surface area contributed by atoms with Crippen LogP contribution in [0.25, 0.3) is 6.08 Å². The van der Waals surface area contributed by atoms with Crippen LogP contribution in [0.2, 0.25) is 0 Å². The molecule has 0 saturated carbocycles. The van der Waals surface area contributed by atoms with E-state index in [0.29, 0.717) is 0 Å². The molecule has 0 spiro atoms. The molecule has 0 aromatic heterocycles. The van der Waals surface area contributed by atoms with Gasteiger partial charge >= 0.3 is 6.03 Å². The van der Waals surface area contributed by atoms with Gasteiger partial charge in [0.1, 0.15) is 5.75 Å². The first-order valence-electron chi connectivity index (χ1n) is 6.60. The molecule has 0 radical (unpaired) electrons. The molecular formula is C17H18N2O2. The van der Waals surface area contributed by atoms with Crippen LogP contribution in [0.15, 0.2) is 60.8 Å². The first kappa shape index (κ1) is 14.7. The lowest BCUT2D eigenvalue weighted by atomic mass is 10.2.